The largest absolute Gasteiger partial charge is 0.387 e. The highest BCUT2D eigenvalue weighted by atomic mass is 16.3. The van der Waals surface area contributed by atoms with Crippen molar-refractivity contribution < 1.29 is 14.7 Å². The summed E-state index contributed by atoms with van der Waals surface area (Å²) in [5, 5.41) is 20.9. The topological polar surface area (TPSA) is 179 Å². The highest BCUT2D eigenvalue weighted by Gasteiger charge is 2.32. The van der Waals surface area contributed by atoms with Crippen molar-refractivity contribution in [2.45, 2.75) is 19.0 Å². The number of hydrogen-bond donors (Lipinski definition) is 3. The van der Waals surface area contributed by atoms with Crippen LogP contribution in [-0.4, -0.2) is 75.4 Å². The van der Waals surface area contributed by atoms with Crippen LogP contribution in [0.15, 0.2) is 84.2 Å². The van der Waals surface area contributed by atoms with Gasteiger partial charge in [-0.1, -0.05) is 36.1 Å². The fraction of sp³-hybridized carbons (Fsp3) is 0.182. The van der Waals surface area contributed by atoms with E-state index in [0.29, 0.717) is 52.3 Å². The molecule has 6 aromatic rings. The van der Waals surface area contributed by atoms with E-state index in [9.17, 15) is 14.4 Å². The Labute approximate surface area is 267 Å². The van der Waals surface area contributed by atoms with Gasteiger partial charge in [-0.3, -0.25) is 23.6 Å². The number of nitrogen functional groups attached to an aromatic ring is 1. The molecule has 2 amide bonds. The zero-order chi connectivity index (χ0) is 32.7. The molecule has 14 nitrogen and oxygen atoms in total. The van der Waals surface area contributed by atoms with Crippen LogP contribution >= 0.6 is 0 Å². The number of carbonyl (C=O) groups excluding carboxylic acids is 2. The fourth-order valence-electron chi connectivity index (χ4n) is 5.59. The standard InChI is InChI=1S/C33H28N10O4/c1-20(37-32(46)28-29(34)39-41-14-6-13-35-31(28)41)30-38-25-10-5-7-22(27(25)33(47)43(30)23-8-3-2-4-9-23)12-11-21-15-36-42(16-21)24-17-40(18-24)26(45)19-44/h2-10,13-16,20,24,44H,17-19H2,1H3,(H2,34,39)(H,37,46). The maximum atomic E-state index is 14.3. The summed E-state index contributed by atoms with van der Waals surface area (Å²) in [6.45, 7) is 2.15. The highest BCUT2D eigenvalue weighted by molar-refractivity contribution is 6.04. The molecule has 0 aliphatic carbocycles. The van der Waals surface area contributed by atoms with E-state index < -0.39 is 18.6 Å². The third-order valence-corrected chi connectivity index (χ3v) is 7.99. The number of amides is 2. The number of para-hydroxylation sites is 1. The van der Waals surface area contributed by atoms with Gasteiger partial charge in [0.1, 0.15) is 18.0 Å². The summed E-state index contributed by atoms with van der Waals surface area (Å²) in [4.78, 5) is 50.1. The second kappa shape index (κ2) is 11.9. The number of rotatable bonds is 6. The number of aromatic nitrogens is 7. The molecule has 1 aliphatic heterocycles. The molecule has 1 aliphatic rings. The van der Waals surface area contributed by atoms with Crippen molar-refractivity contribution in [2.24, 2.45) is 0 Å². The quantitative estimate of drug-likeness (QED) is 0.230. The molecule has 1 unspecified atom stereocenters. The number of aliphatic hydroxyl groups excluding tert-OH is 1. The van der Waals surface area contributed by atoms with Gasteiger partial charge in [-0.2, -0.15) is 5.10 Å². The molecule has 7 rings (SSSR count). The number of nitrogens with one attached hydrogen (secondary N) is 1. The van der Waals surface area contributed by atoms with E-state index in [1.165, 1.54) is 9.08 Å². The van der Waals surface area contributed by atoms with Crippen LogP contribution in [0.4, 0.5) is 5.82 Å². The van der Waals surface area contributed by atoms with Gasteiger partial charge in [-0.15, -0.1) is 5.10 Å². The number of nitrogens with zero attached hydrogens (tertiary/aromatic N) is 8. The van der Waals surface area contributed by atoms with Crippen LogP contribution in [0.5, 0.6) is 0 Å². The normalized spacial score (nSPS) is 13.6. The molecule has 2 aromatic carbocycles. The zero-order valence-electron chi connectivity index (χ0n) is 25.1. The molecule has 1 atom stereocenters. The summed E-state index contributed by atoms with van der Waals surface area (Å²) in [6, 6.07) is 15.3. The molecule has 14 heteroatoms. The average Bonchev–Trinajstić information content (AvgIpc) is 3.66. The molecular formula is C33H28N10O4. The average molecular weight is 629 g/mol. The minimum absolute atomic E-state index is 0.00216. The van der Waals surface area contributed by atoms with Crippen molar-refractivity contribution in [3.05, 3.63) is 112 Å². The predicted octanol–water partition coefficient (Wildman–Crippen LogP) is 1.47. The van der Waals surface area contributed by atoms with E-state index in [2.05, 4.69) is 32.3 Å². The molecule has 0 saturated carbocycles. The van der Waals surface area contributed by atoms with E-state index in [1.54, 1.807) is 77.7 Å². The van der Waals surface area contributed by atoms with Crippen molar-refractivity contribution in [1.82, 2.24) is 44.1 Å². The van der Waals surface area contributed by atoms with Gasteiger partial charge in [0, 0.05) is 37.2 Å². The molecule has 0 bridgehead atoms. The second-order valence-corrected chi connectivity index (χ2v) is 11.1. The smallest absolute Gasteiger partial charge is 0.267 e. The van der Waals surface area contributed by atoms with E-state index in [4.69, 9.17) is 15.8 Å². The molecule has 4 aromatic heterocycles. The van der Waals surface area contributed by atoms with Crippen molar-refractivity contribution in [1.29, 1.82) is 0 Å². The van der Waals surface area contributed by atoms with Gasteiger partial charge in [0.2, 0.25) is 5.91 Å². The molecule has 234 valence electrons. The predicted molar refractivity (Wildman–Crippen MR) is 172 cm³/mol. The van der Waals surface area contributed by atoms with Gasteiger partial charge in [0.05, 0.1) is 40.4 Å². The van der Waals surface area contributed by atoms with Gasteiger partial charge in [0.25, 0.3) is 11.5 Å². The van der Waals surface area contributed by atoms with Crippen LogP contribution in [0.1, 0.15) is 46.3 Å². The first kappa shape index (κ1) is 29.4. The van der Waals surface area contributed by atoms with E-state index in [1.807, 2.05) is 18.2 Å². The molecular weight excluding hydrogens is 600 g/mol. The number of nitrogens with two attached hydrogens (primary N) is 1. The highest BCUT2D eigenvalue weighted by Crippen LogP contribution is 2.23. The van der Waals surface area contributed by atoms with Gasteiger partial charge in [-0.05, 0) is 37.3 Å². The molecule has 47 heavy (non-hydrogen) atoms. The number of carbonyl (C=O) groups is 2. The van der Waals surface area contributed by atoms with Crippen molar-refractivity contribution in [3.63, 3.8) is 0 Å². The van der Waals surface area contributed by atoms with Gasteiger partial charge in [0.15, 0.2) is 11.5 Å². The first-order valence-electron chi connectivity index (χ1n) is 14.8. The Kier molecular flexibility index (Phi) is 7.43. The summed E-state index contributed by atoms with van der Waals surface area (Å²) in [6.07, 6.45) is 6.61. The molecule has 1 fully saturated rings. The van der Waals surface area contributed by atoms with Crippen LogP contribution in [0, 0.1) is 11.8 Å². The third kappa shape index (κ3) is 5.34. The summed E-state index contributed by atoms with van der Waals surface area (Å²) < 4.78 is 4.65. The maximum absolute atomic E-state index is 14.3. The SMILES string of the molecule is CC(NC(=O)c1c(N)nn2cccnc12)c1nc2cccc(C#Cc3cnn(C4CN(C(=O)CO)C4)c3)c2c(=O)n1-c1ccccc1. The second-order valence-electron chi connectivity index (χ2n) is 11.1. The Balaban J connectivity index is 1.24. The van der Waals surface area contributed by atoms with Gasteiger partial charge < -0.3 is 21.1 Å². The van der Waals surface area contributed by atoms with Crippen LogP contribution in [-0.2, 0) is 4.79 Å². The number of anilines is 1. The van der Waals surface area contributed by atoms with E-state index in [0.717, 1.165) is 0 Å². The van der Waals surface area contributed by atoms with Crippen molar-refractivity contribution >= 4 is 34.2 Å². The fourth-order valence-corrected chi connectivity index (χ4v) is 5.59. The van der Waals surface area contributed by atoms with Gasteiger partial charge >= 0.3 is 0 Å². The van der Waals surface area contributed by atoms with Crippen LogP contribution in [0.2, 0.25) is 0 Å². The molecule has 0 spiro atoms. The van der Waals surface area contributed by atoms with Crippen LogP contribution < -0.4 is 16.6 Å². The lowest BCUT2D eigenvalue weighted by Crippen LogP contribution is -2.51. The van der Waals surface area contributed by atoms with E-state index in [-0.39, 0.29) is 28.9 Å². The Morgan fingerprint density at radius 3 is 2.70 bits per heavy atom. The molecule has 5 heterocycles. The zero-order valence-corrected chi connectivity index (χ0v) is 25.1. The first-order valence-corrected chi connectivity index (χ1v) is 14.8. The lowest BCUT2D eigenvalue weighted by atomic mass is 10.1. The van der Waals surface area contributed by atoms with Gasteiger partial charge in [-0.25, -0.2) is 14.5 Å². The van der Waals surface area contributed by atoms with Crippen LogP contribution in [0.25, 0.3) is 22.2 Å². The molecule has 0 radical (unpaired) electrons. The lowest BCUT2D eigenvalue weighted by molar-refractivity contribution is -0.140. The Bertz CT molecular complexity index is 2290. The summed E-state index contributed by atoms with van der Waals surface area (Å²) in [5.41, 5.74) is 8.27. The number of benzene rings is 2. The monoisotopic (exact) mass is 628 g/mol. The number of aliphatic hydroxyl groups is 1. The third-order valence-electron chi connectivity index (χ3n) is 7.99. The molecule has 1 saturated heterocycles. The summed E-state index contributed by atoms with van der Waals surface area (Å²) in [7, 11) is 0. The molecule has 4 N–H and O–H groups in total. The lowest BCUT2D eigenvalue weighted by Gasteiger charge is -2.38. The van der Waals surface area contributed by atoms with E-state index >= 15 is 0 Å². The minimum atomic E-state index is -0.728. The Morgan fingerprint density at radius 2 is 1.91 bits per heavy atom. The maximum Gasteiger partial charge on any atom is 0.267 e. The summed E-state index contributed by atoms with van der Waals surface area (Å²) >= 11 is 0. The summed E-state index contributed by atoms with van der Waals surface area (Å²) in [5.74, 6) is 5.73. The first-order chi connectivity index (χ1) is 22.8. The van der Waals surface area contributed by atoms with Crippen LogP contribution in [0.3, 0.4) is 0 Å². The minimum Gasteiger partial charge on any atom is -0.387 e. The Hall–Kier alpha value is -6.33. The number of fused-ring (bicyclic) bond motifs is 2. The van der Waals surface area contributed by atoms with Crippen molar-refractivity contribution in [3.8, 4) is 17.5 Å². The number of likely N-dealkylation sites (tertiary alicyclic amines) is 1. The van der Waals surface area contributed by atoms with Crippen molar-refractivity contribution in [2.75, 3.05) is 25.4 Å². The number of hydrogen-bond acceptors (Lipinski definition) is 9. The Morgan fingerprint density at radius 1 is 1.11 bits per heavy atom.